The second kappa shape index (κ2) is 5.60. The Hall–Kier alpha value is -1.69. The molecule has 0 atom stereocenters. The highest BCUT2D eigenvalue weighted by molar-refractivity contribution is 7.06. The van der Waals surface area contributed by atoms with Crippen LogP contribution in [-0.4, -0.2) is 20.1 Å². The topological polar surface area (TPSA) is 59.8 Å². The Morgan fingerprint density at radius 3 is 2.71 bits per heavy atom. The van der Waals surface area contributed by atoms with Crippen molar-refractivity contribution in [3.05, 3.63) is 27.9 Å². The van der Waals surface area contributed by atoms with Gasteiger partial charge >= 0.3 is 0 Å². The first kappa shape index (κ1) is 14.3. The highest BCUT2D eigenvalue weighted by atomic mass is 32.1. The van der Waals surface area contributed by atoms with Gasteiger partial charge in [0.05, 0.1) is 17.0 Å². The Balaban J connectivity index is 1.80. The van der Waals surface area contributed by atoms with Gasteiger partial charge in [-0.1, -0.05) is 12.8 Å². The second-order valence-corrected chi connectivity index (χ2v) is 6.69. The molecule has 112 valence electrons. The van der Waals surface area contributed by atoms with Crippen molar-refractivity contribution < 1.29 is 4.79 Å². The summed E-state index contributed by atoms with van der Waals surface area (Å²) in [6.45, 7) is 3.79. The lowest BCUT2D eigenvalue weighted by molar-refractivity contribution is 0.102. The molecule has 0 radical (unpaired) electrons. The van der Waals surface area contributed by atoms with Crippen LogP contribution in [0.25, 0.3) is 0 Å². The van der Waals surface area contributed by atoms with E-state index in [1.807, 2.05) is 27.0 Å². The number of carbonyl (C=O) groups excluding carboxylic acids is 1. The summed E-state index contributed by atoms with van der Waals surface area (Å²) in [7, 11) is 1.87. The summed E-state index contributed by atoms with van der Waals surface area (Å²) < 4.78 is 5.99. The van der Waals surface area contributed by atoms with Gasteiger partial charge in [-0.25, -0.2) is 0 Å². The third-order valence-corrected chi connectivity index (χ3v) is 5.02. The van der Waals surface area contributed by atoms with Gasteiger partial charge in [0, 0.05) is 23.9 Å². The number of carbonyl (C=O) groups is 1. The van der Waals surface area contributed by atoms with E-state index in [4.69, 9.17) is 0 Å². The molecule has 6 heteroatoms. The zero-order valence-corrected chi connectivity index (χ0v) is 13.5. The van der Waals surface area contributed by atoms with Crippen molar-refractivity contribution >= 4 is 23.3 Å². The number of aryl methyl sites for hydroxylation is 3. The standard InChI is InChI=1S/C15H20N4OS/c1-9-14(10(2)21-18-9)15(20)16-13-8-12(17-19(13)3)11-6-4-5-7-11/h8,11H,4-7H2,1-3H3,(H,16,20). The summed E-state index contributed by atoms with van der Waals surface area (Å²) in [5, 5.41) is 7.53. The molecule has 2 aromatic heterocycles. The van der Waals surface area contributed by atoms with E-state index in [-0.39, 0.29) is 5.91 Å². The fourth-order valence-electron chi connectivity index (χ4n) is 3.01. The van der Waals surface area contributed by atoms with Crippen LogP contribution < -0.4 is 5.32 Å². The molecule has 1 N–H and O–H groups in total. The minimum absolute atomic E-state index is 0.0975. The van der Waals surface area contributed by atoms with E-state index in [0.29, 0.717) is 11.5 Å². The van der Waals surface area contributed by atoms with E-state index in [1.165, 1.54) is 37.2 Å². The van der Waals surface area contributed by atoms with Crippen LogP contribution in [0.3, 0.4) is 0 Å². The monoisotopic (exact) mass is 304 g/mol. The lowest BCUT2D eigenvalue weighted by atomic mass is 10.0. The molecule has 0 saturated heterocycles. The number of rotatable bonds is 3. The van der Waals surface area contributed by atoms with Gasteiger partial charge in [0.2, 0.25) is 0 Å². The van der Waals surface area contributed by atoms with E-state index >= 15 is 0 Å². The maximum absolute atomic E-state index is 12.4. The van der Waals surface area contributed by atoms with Crippen LogP contribution in [-0.2, 0) is 7.05 Å². The minimum atomic E-state index is -0.0975. The highest BCUT2D eigenvalue weighted by Crippen LogP contribution is 2.34. The molecule has 5 nitrogen and oxygen atoms in total. The van der Waals surface area contributed by atoms with Gasteiger partial charge in [-0.05, 0) is 38.2 Å². The van der Waals surface area contributed by atoms with E-state index in [0.717, 1.165) is 22.1 Å². The van der Waals surface area contributed by atoms with Gasteiger partial charge in [-0.15, -0.1) is 0 Å². The Kier molecular flexibility index (Phi) is 3.80. The molecule has 2 aromatic rings. The third-order valence-electron chi connectivity index (χ3n) is 4.17. The van der Waals surface area contributed by atoms with Crippen LogP contribution in [0.1, 0.15) is 58.2 Å². The second-order valence-electron chi connectivity index (χ2n) is 5.71. The predicted octanol–water partition coefficient (Wildman–Crippen LogP) is 3.40. The largest absolute Gasteiger partial charge is 0.307 e. The van der Waals surface area contributed by atoms with Gasteiger partial charge in [0.15, 0.2) is 0 Å². The smallest absolute Gasteiger partial charge is 0.259 e. The van der Waals surface area contributed by atoms with Gasteiger partial charge in [0.1, 0.15) is 5.82 Å². The molecule has 1 aliphatic rings. The van der Waals surface area contributed by atoms with Crippen molar-refractivity contribution in [3.8, 4) is 0 Å². The average Bonchev–Trinajstić information content (AvgIpc) is 3.13. The molecule has 0 bridgehead atoms. The van der Waals surface area contributed by atoms with Gasteiger partial charge < -0.3 is 5.32 Å². The molecule has 0 unspecified atom stereocenters. The maximum atomic E-state index is 12.4. The van der Waals surface area contributed by atoms with Crippen molar-refractivity contribution in [1.29, 1.82) is 0 Å². The van der Waals surface area contributed by atoms with Crippen LogP contribution in [0, 0.1) is 13.8 Å². The molecule has 21 heavy (non-hydrogen) atoms. The van der Waals surface area contributed by atoms with Crippen LogP contribution in [0.4, 0.5) is 5.82 Å². The predicted molar refractivity (Wildman–Crippen MR) is 84.0 cm³/mol. The molecule has 0 aromatic carbocycles. The third kappa shape index (κ3) is 2.72. The first-order valence-corrected chi connectivity index (χ1v) is 8.11. The molecule has 3 rings (SSSR count). The zero-order chi connectivity index (χ0) is 15.0. The van der Waals surface area contributed by atoms with Crippen LogP contribution >= 0.6 is 11.5 Å². The number of hydrogen-bond acceptors (Lipinski definition) is 4. The fourth-order valence-corrected chi connectivity index (χ4v) is 3.71. The molecule has 0 aliphatic heterocycles. The Morgan fingerprint density at radius 2 is 2.10 bits per heavy atom. The SMILES string of the molecule is Cc1nsc(C)c1C(=O)Nc1cc(C2CCCC2)nn1C. The summed E-state index contributed by atoms with van der Waals surface area (Å²) in [6.07, 6.45) is 4.97. The number of aromatic nitrogens is 3. The summed E-state index contributed by atoms with van der Waals surface area (Å²) >= 11 is 1.37. The first-order chi connectivity index (χ1) is 10.1. The number of hydrogen-bond donors (Lipinski definition) is 1. The van der Waals surface area contributed by atoms with Crippen molar-refractivity contribution in [1.82, 2.24) is 14.2 Å². The molecule has 2 heterocycles. The molecular formula is C15H20N4OS. The lowest BCUT2D eigenvalue weighted by Gasteiger charge is -2.05. The minimum Gasteiger partial charge on any atom is -0.307 e. The van der Waals surface area contributed by atoms with E-state index < -0.39 is 0 Å². The van der Waals surface area contributed by atoms with E-state index in [9.17, 15) is 4.79 Å². The van der Waals surface area contributed by atoms with E-state index in [2.05, 4.69) is 14.8 Å². The van der Waals surface area contributed by atoms with Crippen molar-refractivity contribution in [2.45, 2.75) is 45.4 Å². The molecule has 1 amide bonds. The number of nitrogens with zero attached hydrogens (tertiary/aromatic N) is 3. The molecule has 0 spiro atoms. The summed E-state index contributed by atoms with van der Waals surface area (Å²) in [5.41, 5.74) is 2.57. The summed E-state index contributed by atoms with van der Waals surface area (Å²) in [4.78, 5) is 13.4. The molecule has 1 saturated carbocycles. The molecular weight excluding hydrogens is 284 g/mol. The van der Waals surface area contributed by atoms with E-state index in [1.54, 1.807) is 4.68 Å². The average molecular weight is 304 g/mol. The van der Waals surface area contributed by atoms with Gasteiger partial charge in [0.25, 0.3) is 5.91 Å². The van der Waals surface area contributed by atoms with Crippen molar-refractivity contribution in [2.24, 2.45) is 7.05 Å². The normalized spacial score (nSPS) is 15.6. The van der Waals surface area contributed by atoms with Crippen LogP contribution in [0.15, 0.2) is 6.07 Å². The van der Waals surface area contributed by atoms with Crippen molar-refractivity contribution in [3.63, 3.8) is 0 Å². The highest BCUT2D eigenvalue weighted by Gasteiger charge is 2.22. The van der Waals surface area contributed by atoms with Crippen molar-refractivity contribution in [2.75, 3.05) is 5.32 Å². The Bertz CT molecular complexity index is 648. The number of anilines is 1. The summed E-state index contributed by atoms with van der Waals surface area (Å²) in [5.74, 6) is 1.21. The van der Waals surface area contributed by atoms with Crippen LogP contribution in [0.2, 0.25) is 0 Å². The quantitative estimate of drug-likeness (QED) is 0.945. The Labute approximate surface area is 128 Å². The fraction of sp³-hybridized carbons (Fsp3) is 0.533. The maximum Gasteiger partial charge on any atom is 0.259 e. The molecule has 1 aliphatic carbocycles. The zero-order valence-electron chi connectivity index (χ0n) is 12.6. The number of amides is 1. The number of nitrogens with one attached hydrogen (secondary N) is 1. The first-order valence-electron chi connectivity index (χ1n) is 7.34. The van der Waals surface area contributed by atoms with Gasteiger partial charge in [-0.3, -0.25) is 9.48 Å². The Morgan fingerprint density at radius 1 is 1.38 bits per heavy atom. The lowest BCUT2D eigenvalue weighted by Crippen LogP contribution is -2.15. The summed E-state index contributed by atoms with van der Waals surface area (Å²) in [6, 6.07) is 2.01. The molecule has 1 fully saturated rings. The van der Waals surface area contributed by atoms with Crippen LogP contribution in [0.5, 0.6) is 0 Å². The van der Waals surface area contributed by atoms with Gasteiger partial charge in [-0.2, -0.15) is 9.47 Å².